The van der Waals surface area contributed by atoms with Crippen LogP contribution in [-0.4, -0.2) is 35.9 Å². The predicted molar refractivity (Wildman–Crippen MR) is 74.8 cm³/mol. The van der Waals surface area contributed by atoms with Crippen molar-refractivity contribution in [3.63, 3.8) is 0 Å². The van der Waals surface area contributed by atoms with Crippen molar-refractivity contribution < 1.29 is 19.5 Å². The summed E-state index contributed by atoms with van der Waals surface area (Å²) in [6.07, 6.45) is 0.166. The number of likely N-dealkylation sites (N-methyl/N-ethyl adjacent to an activating group) is 1. The second-order valence-corrected chi connectivity index (χ2v) is 4.40. The van der Waals surface area contributed by atoms with Crippen LogP contribution in [0.25, 0.3) is 0 Å². The summed E-state index contributed by atoms with van der Waals surface area (Å²) in [4.78, 5) is 33.6. The molecule has 3 N–H and O–H groups in total. The van der Waals surface area contributed by atoms with Gasteiger partial charge in [-0.05, 0) is 37.7 Å². The monoisotopic (exact) mass is 278 g/mol. The molecule has 1 unspecified atom stereocenters. The third kappa shape index (κ3) is 4.81. The molecule has 1 aromatic rings. The number of nitrogens with one attached hydrogen (secondary N) is 2. The Morgan fingerprint density at radius 1 is 1.20 bits per heavy atom. The lowest BCUT2D eigenvalue weighted by Crippen LogP contribution is -2.34. The molecule has 0 spiro atoms. The molecule has 6 heteroatoms. The molecule has 1 atom stereocenters. The van der Waals surface area contributed by atoms with Gasteiger partial charge in [0, 0.05) is 24.6 Å². The average Bonchev–Trinajstić information content (AvgIpc) is 2.39. The highest BCUT2D eigenvalue weighted by Gasteiger charge is 2.19. The summed E-state index contributed by atoms with van der Waals surface area (Å²) < 4.78 is 0. The molecule has 0 aromatic heterocycles. The Bertz CT molecular complexity index is 496. The smallest absolute Gasteiger partial charge is 0.303 e. The van der Waals surface area contributed by atoms with Gasteiger partial charge >= 0.3 is 5.97 Å². The molecule has 20 heavy (non-hydrogen) atoms. The fraction of sp³-hybridized carbons (Fsp3) is 0.357. The van der Waals surface area contributed by atoms with E-state index in [9.17, 15) is 14.4 Å². The summed E-state index contributed by atoms with van der Waals surface area (Å²) in [6, 6.07) is 5.96. The Hall–Kier alpha value is -2.21. The van der Waals surface area contributed by atoms with Crippen LogP contribution < -0.4 is 10.6 Å². The van der Waals surface area contributed by atoms with Gasteiger partial charge in [-0.1, -0.05) is 0 Å². The normalized spacial score (nSPS) is 11.7. The SMILES string of the molecule is CNC(CCC(=O)O)C(=O)c1ccc(NC(C)=O)cc1. The van der Waals surface area contributed by atoms with Gasteiger partial charge in [-0.15, -0.1) is 0 Å². The number of hydrogen-bond acceptors (Lipinski definition) is 4. The maximum absolute atomic E-state index is 12.2. The lowest BCUT2D eigenvalue weighted by Gasteiger charge is -2.14. The highest BCUT2D eigenvalue weighted by Crippen LogP contribution is 2.13. The summed E-state index contributed by atoms with van der Waals surface area (Å²) in [7, 11) is 1.62. The first-order valence-corrected chi connectivity index (χ1v) is 6.25. The summed E-state index contributed by atoms with van der Waals surface area (Å²) in [5.74, 6) is -1.28. The molecule has 108 valence electrons. The number of carboxylic acids is 1. The summed E-state index contributed by atoms with van der Waals surface area (Å²) >= 11 is 0. The van der Waals surface area contributed by atoms with Crippen LogP contribution in [0.15, 0.2) is 24.3 Å². The Labute approximate surface area is 117 Å². The molecule has 0 radical (unpaired) electrons. The number of rotatable bonds is 7. The number of hydrogen-bond donors (Lipinski definition) is 3. The van der Waals surface area contributed by atoms with Crippen molar-refractivity contribution in [1.29, 1.82) is 0 Å². The zero-order chi connectivity index (χ0) is 15.1. The molecule has 1 amide bonds. The largest absolute Gasteiger partial charge is 0.481 e. The van der Waals surface area contributed by atoms with Crippen molar-refractivity contribution >= 4 is 23.3 Å². The van der Waals surface area contributed by atoms with Gasteiger partial charge in [0.2, 0.25) is 5.91 Å². The number of carboxylic acid groups (broad SMARTS) is 1. The third-order valence-electron chi connectivity index (χ3n) is 2.80. The number of benzene rings is 1. The minimum Gasteiger partial charge on any atom is -0.481 e. The van der Waals surface area contributed by atoms with Crippen LogP contribution in [0.5, 0.6) is 0 Å². The maximum Gasteiger partial charge on any atom is 0.303 e. The van der Waals surface area contributed by atoms with E-state index in [1.165, 1.54) is 6.92 Å². The third-order valence-corrected chi connectivity index (χ3v) is 2.80. The molecule has 6 nitrogen and oxygen atoms in total. The molecule has 0 heterocycles. The highest BCUT2D eigenvalue weighted by atomic mass is 16.4. The Balaban J connectivity index is 2.74. The number of anilines is 1. The van der Waals surface area contributed by atoms with Gasteiger partial charge < -0.3 is 15.7 Å². The second kappa shape index (κ2) is 7.40. The molecular weight excluding hydrogens is 260 g/mol. The summed E-state index contributed by atoms with van der Waals surface area (Å²) in [5, 5.41) is 14.1. The average molecular weight is 278 g/mol. The van der Waals surface area contributed by atoms with Gasteiger partial charge in [0.05, 0.1) is 6.04 Å². The van der Waals surface area contributed by atoms with E-state index in [0.717, 1.165) is 0 Å². The van der Waals surface area contributed by atoms with E-state index < -0.39 is 12.0 Å². The van der Waals surface area contributed by atoms with Gasteiger partial charge in [-0.2, -0.15) is 0 Å². The van der Waals surface area contributed by atoms with Gasteiger partial charge in [0.1, 0.15) is 0 Å². The van der Waals surface area contributed by atoms with Gasteiger partial charge in [-0.3, -0.25) is 14.4 Å². The molecule has 1 aromatic carbocycles. The van der Waals surface area contributed by atoms with E-state index in [1.54, 1.807) is 31.3 Å². The molecular formula is C14H18N2O4. The number of ketones is 1. The standard InChI is InChI=1S/C14H18N2O4/c1-9(17)16-11-5-3-10(4-6-11)14(20)12(15-2)7-8-13(18)19/h3-6,12,15H,7-8H2,1-2H3,(H,16,17)(H,18,19). The van der Waals surface area contributed by atoms with Crippen LogP contribution in [0, 0.1) is 0 Å². The van der Waals surface area contributed by atoms with Crippen molar-refractivity contribution in [1.82, 2.24) is 5.32 Å². The molecule has 0 fully saturated rings. The van der Waals surface area contributed by atoms with Crippen LogP contribution >= 0.6 is 0 Å². The highest BCUT2D eigenvalue weighted by molar-refractivity contribution is 6.00. The second-order valence-electron chi connectivity index (χ2n) is 4.40. The van der Waals surface area contributed by atoms with Gasteiger partial charge in [0.25, 0.3) is 0 Å². The van der Waals surface area contributed by atoms with Crippen LogP contribution in [0.3, 0.4) is 0 Å². The van der Waals surface area contributed by atoms with E-state index in [1.807, 2.05) is 0 Å². The van der Waals surface area contributed by atoms with Gasteiger partial charge in [0.15, 0.2) is 5.78 Å². The Morgan fingerprint density at radius 3 is 2.25 bits per heavy atom. The summed E-state index contributed by atoms with van der Waals surface area (Å²) in [5.41, 5.74) is 1.09. The molecule has 0 saturated heterocycles. The van der Waals surface area contributed by atoms with Gasteiger partial charge in [-0.25, -0.2) is 0 Å². The fourth-order valence-corrected chi connectivity index (χ4v) is 1.80. The van der Waals surface area contributed by atoms with Crippen molar-refractivity contribution in [3.8, 4) is 0 Å². The zero-order valence-corrected chi connectivity index (χ0v) is 11.5. The summed E-state index contributed by atoms with van der Waals surface area (Å²) in [6.45, 7) is 1.40. The van der Waals surface area contributed by atoms with Crippen molar-refractivity contribution in [3.05, 3.63) is 29.8 Å². The first kappa shape index (κ1) is 15.8. The lowest BCUT2D eigenvalue weighted by atomic mass is 10.00. The van der Waals surface area contributed by atoms with Crippen molar-refractivity contribution in [2.24, 2.45) is 0 Å². The van der Waals surface area contributed by atoms with E-state index in [4.69, 9.17) is 5.11 Å². The Kier molecular flexibility index (Phi) is 5.86. The molecule has 0 aliphatic rings. The van der Waals surface area contributed by atoms with Crippen LogP contribution in [0.1, 0.15) is 30.1 Å². The number of carbonyl (C=O) groups excluding carboxylic acids is 2. The molecule has 1 rings (SSSR count). The molecule has 0 bridgehead atoms. The molecule has 0 aliphatic carbocycles. The predicted octanol–water partition coefficient (Wildman–Crippen LogP) is 1.28. The van der Waals surface area contributed by atoms with E-state index in [0.29, 0.717) is 11.3 Å². The van der Waals surface area contributed by atoms with E-state index in [-0.39, 0.29) is 24.5 Å². The minimum atomic E-state index is -0.931. The maximum atomic E-state index is 12.2. The van der Waals surface area contributed by atoms with E-state index >= 15 is 0 Å². The fourth-order valence-electron chi connectivity index (χ4n) is 1.80. The Morgan fingerprint density at radius 2 is 1.80 bits per heavy atom. The number of carbonyl (C=O) groups is 3. The quantitative estimate of drug-likeness (QED) is 0.653. The molecule has 0 saturated carbocycles. The first-order chi connectivity index (χ1) is 9.43. The topological polar surface area (TPSA) is 95.5 Å². The van der Waals surface area contributed by atoms with Crippen LogP contribution in [0.4, 0.5) is 5.69 Å². The van der Waals surface area contributed by atoms with Crippen LogP contribution in [-0.2, 0) is 9.59 Å². The number of amides is 1. The minimum absolute atomic E-state index is 0.0682. The molecule has 0 aliphatic heterocycles. The van der Waals surface area contributed by atoms with Crippen molar-refractivity contribution in [2.75, 3.05) is 12.4 Å². The lowest BCUT2D eigenvalue weighted by molar-refractivity contribution is -0.137. The zero-order valence-electron chi connectivity index (χ0n) is 11.5. The van der Waals surface area contributed by atoms with Crippen molar-refractivity contribution in [2.45, 2.75) is 25.8 Å². The van der Waals surface area contributed by atoms with E-state index in [2.05, 4.69) is 10.6 Å². The first-order valence-electron chi connectivity index (χ1n) is 6.25. The number of aliphatic carboxylic acids is 1. The van der Waals surface area contributed by atoms with Crippen LogP contribution in [0.2, 0.25) is 0 Å². The number of Topliss-reactive ketones (excluding diaryl/α,β-unsaturated/α-hetero) is 1.